The third-order valence-electron chi connectivity index (χ3n) is 3.34. The number of aromatic nitrogens is 2. The molecule has 1 amide bonds. The first-order chi connectivity index (χ1) is 12.6. The van der Waals surface area contributed by atoms with Crippen molar-refractivity contribution in [1.29, 1.82) is 0 Å². The zero-order valence-electron chi connectivity index (χ0n) is 14.0. The summed E-state index contributed by atoms with van der Waals surface area (Å²) in [6, 6.07) is 14.6. The molecule has 3 aromatic rings. The number of nitrogens with zero attached hydrogens (tertiary/aromatic N) is 2. The normalized spacial score (nSPS) is 10.4. The zero-order valence-corrected chi connectivity index (χ0v) is 15.6. The van der Waals surface area contributed by atoms with E-state index in [1.165, 1.54) is 11.8 Å². The summed E-state index contributed by atoms with van der Waals surface area (Å²) < 4.78 is 5.79. The molecule has 5 nitrogen and oxygen atoms in total. The fourth-order valence-corrected chi connectivity index (χ4v) is 2.88. The maximum absolute atomic E-state index is 12.1. The molecule has 0 spiro atoms. The summed E-state index contributed by atoms with van der Waals surface area (Å²) in [5.41, 5.74) is 1.83. The molecule has 0 aliphatic rings. The van der Waals surface area contributed by atoms with Crippen molar-refractivity contribution in [2.75, 3.05) is 11.1 Å². The van der Waals surface area contributed by atoms with Crippen molar-refractivity contribution in [3.8, 4) is 11.6 Å². The molecule has 0 radical (unpaired) electrons. The fraction of sp³-hybridized carbons (Fsp3) is 0.105. The standard InChI is InChI=1S/C19H16ClN3O2S/c1-13-2-8-16(9-3-13)25-18-19(22-11-10-21-18)26-12-17(24)23-15-6-4-14(20)5-7-15/h2-11H,12H2,1H3,(H,23,24). The van der Waals surface area contributed by atoms with Crippen molar-refractivity contribution in [2.45, 2.75) is 11.9 Å². The largest absolute Gasteiger partial charge is 0.437 e. The zero-order chi connectivity index (χ0) is 18.4. The van der Waals surface area contributed by atoms with Gasteiger partial charge in [-0.3, -0.25) is 4.79 Å². The molecule has 0 unspecified atom stereocenters. The lowest BCUT2D eigenvalue weighted by atomic mass is 10.2. The second-order valence-electron chi connectivity index (χ2n) is 5.43. The summed E-state index contributed by atoms with van der Waals surface area (Å²) >= 11 is 7.10. The fourth-order valence-electron chi connectivity index (χ4n) is 2.06. The highest BCUT2D eigenvalue weighted by atomic mass is 35.5. The van der Waals surface area contributed by atoms with Crippen molar-refractivity contribution in [3.05, 3.63) is 71.5 Å². The second kappa shape index (κ2) is 8.69. The average Bonchev–Trinajstić information content (AvgIpc) is 2.65. The summed E-state index contributed by atoms with van der Waals surface area (Å²) in [5, 5.41) is 3.98. The van der Waals surface area contributed by atoms with E-state index < -0.39 is 0 Å². The molecule has 0 saturated heterocycles. The van der Waals surface area contributed by atoms with Crippen molar-refractivity contribution in [2.24, 2.45) is 0 Å². The van der Waals surface area contributed by atoms with E-state index >= 15 is 0 Å². The molecule has 1 heterocycles. The van der Waals surface area contributed by atoms with E-state index in [1.54, 1.807) is 36.7 Å². The minimum atomic E-state index is -0.149. The number of aryl methyl sites for hydroxylation is 1. The van der Waals surface area contributed by atoms with Crippen LogP contribution >= 0.6 is 23.4 Å². The van der Waals surface area contributed by atoms with Gasteiger partial charge in [-0.05, 0) is 43.3 Å². The lowest BCUT2D eigenvalue weighted by Crippen LogP contribution is -2.14. The van der Waals surface area contributed by atoms with E-state index in [2.05, 4.69) is 15.3 Å². The number of halogens is 1. The quantitative estimate of drug-likeness (QED) is 0.607. The minimum Gasteiger partial charge on any atom is -0.437 e. The number of nitrogens with one attached hydrogen (secondary N) is 1. The molecular formula is C19H16ClN3O2S. The summed E-state index contributed by atoms with van der Waals surface area (Å²) in [6.45, 7) is 2.01. The van der Waals surface area contributed by atoms with Crippen LogP contribution in [0.3, 0.4) is 0 Å². The Morgan fingerprint density at radius 2 is 1.77 bits per heavy atom. The minimum absolute atomic E-state index is 0.149. The Kier molecular flexibility index (Phi) is 6.09. The molecule has 132 valence electrons. The van der Waals surface area contributed by atoms with Gasteiger partial charge in [0, 0.05) is 23.1 Å². The van der Waals surface area contributed by atoms with Crippen LogP contribution in [0.4, 0.5) is 5.69 Å². The number of rotatable bonds is 6. The number of hydrogen-bond donors (Lipinski definition) is 1. The number of carbonyl (C=O) groups excluding carboxylic acids is 1. The highest BCUT2D eigenvalue weighted by molar-refractivity contribution is 8.00. The van der Waals surface area contributed by atoms with Gasteiger partial charge in [0.2, 0.25) is 5.91 Å². The Labute approximate surface area is 160 Å². The predicted molar refractivity (Wildman–Crippen MR) is 104 cm³/mol. The van der Waals surface area contributed by atoms with Gasteiger partial charge in [0.05, 0.1) is 5.75 Å². The van der Waals surface area contributed by atoms with Gasteiger partial charge in [0.1, 0.15) is 5.75 Å². The van der Waals surface area contributed by atoms with Crippen LogP contribution in [0.2, 0.25) is 5.02 Å². The molecular weight excluding hydrogens is 370 g/mol. The molecule has 0 atom stereocenters. The van der Waals surface area contributed by atoms with Crippen LogP contribution in [0.1, 0.15) is 5.56 Å². The smallest absolute Gasteiger partial charge is 0.252 e. The summed E-state index contributed by atoms with van der Waals surface area (Å²) in [6.07, 6.45) is 3.13. The highest BCUT2D eigenvalue weighted by Gasteiger charge is 2.11. The first kappa shape index (κ1) is 18.2. The summed E-state index contributed by atoms with van der Waals surface area (Å²) in [7, 11) is 0. The van der Waals surface area contributed by atoms with Crippen LogP contribution in [-0.2, 0) is 4.79 Å². The summed E-state index contributed by atoms with van der Waals surface area (Å²) in [4.78, 5) is 20.6. The van der Waals surface area contributed by atoms with Gasteiger partial charge < -0.3 is 10.1 Å². The van der Waals surface area contributed by atoms with Gasteiger partial charge in [0.15, 0.2) is 5.03 Å². The predicted octanol–water partition coefficient (Wildman–Crippen LogP) is 4.96. The number of thioether (sulfide) groups is 1. The van der Waals surface area contributed by atoms with Crippen LogP contribution in [0.15, 0.2) is 66.0 Å². The van der Waals surface area contributed by atoms with Gasteiger partial charge in [-0.2, -0.15) is 0 Å². The van der Waals surface area contributed by atoms with Crippen LogP contribution in [0.5, 0.6) is 11.6 Å². The van der Waals surface area contributed by atoms with E-state index in [4.69, 9.17) is 16.3 Å². The lowest BCUT2D eigenvalue weighted by Gasteiger charge is -2.09. The van der Waals surface area contributed by atoms with Crippen LogP contribution in [0.25, 0.3) is 0 Å². The molecule has 1 aromatic heterocycles. The van der Waals surface area contributed by atoms with Crippen molar-refractivity contribution >= 4 is 35.0 Å². The maximum Gasteiger partial charge on any atom is 0.252 e. The van der Waals surface area contributed by atoms with Gasteiger partial charge in [0.25, 0.3) is 5.88 Å². The number of hydrogen-bond acceptors (Lipinski definition) is 5. The van der Waals surface area contributed by atoms with E-state index in [1.807, 2.05) is 31.2 Å². The molecule has 0 fully saturated rings. The van der Waals surface area contributed by atoms with Gasteiger partial charge >= 0.3 is 0 Å². The molecule has 26 heavy (non-hydrogen) atoms. The molecule has 1 N–H and O–H groups in total. The number of benzene rings is 2. The van der Waals surface area contributed by atoms with Crippen molar-refractivity contribution in [1.82, 2.24) is 9.97 Å². The van der Waals surface area contributed by atoms with E-state index in [0.717, 1.165) is 5.56 Å². The van der Waals surface area contributed by atoms with Gasteiger partial charge in [-0.25, -0.2) is 9.97 Å². The Hall–Kier alpha value is -2.57. The molecule has 0 bridgehead atoms. The number of ether oxygens (including phenoxy) is 1. The van der Waals surface area contributed by atoms with Gasteiger partial charge in [-0.1, -0.05) is 41.1 Å². The molecule has 3 rings (SSSR count). The van der Waals surface area contributed by atoms with Crippen molar-refractivity contribution < 1.29 is 9.53 Å². The monoisotopic (exact) mass is 385 g/mol. The molecule has 0 saturated carbocycles. The first-order valence-corrected chi connectivity index (χ1v) is 9.20. The average molecular weight is 386 g/mol. The number of carbonyl (C=O) groups is 1. The van der Waals surface area contributed by atoms with E-state index in [9.17, 15) is 4.79 Å². The Morgan fingerprint density at radius 3 is 2.50 bits per heavy atom. The summed E-state index contributed by atoms with van der Waals surface area (Å²) in [5.74, 6) is 1.08. The highest BCUT2D eigenvalue weighted by Crippen LogP contribution is 2.29. The topological polar surface area (TPSA) is 64.1 Å². The van der Waals surface area contributed by atoms with E-state index in [-0.39, 0.29) is 11.7 Å². The molecule has 7 heteroatoms. The van der Waals surface area contributed by atoms with Crippen LogP contribution < -0.4 is 10.1 Å². The van der Waals surface area contributed by atoms with Crippen LogP contribution in [0, 0.1) is 6.92 Å². The third-order valence-corrected chi connectivity index (χ3v) is 4.55. The third kappa shape index (κ3) is 5.21. The SMILES string of the molecule is Cc1ccc(Oc2nccnc2SCC(=O)Nc2ccc(Cl)cc2)cc1. The first-order valence-electron chi connectivity index (χ1n) is 7.84. The Bertz CT molecular complexity index is 886. The Morgan fingerprint density at radius 1 is 1.08 bits per heavy atom. The number of anilines is 1. The second-order valence-corrected chi connectivity index (χ2v) is 6.83. The molecule has 0 aliphatic heterocycles. The van der Waals surface area contributed by atoms with Crippen molar-refractivity contribution in [3.63, 3.8) is 0 Å². The lowest BCUT2D eigenvalue weighted by molar-refractivity contribution is -0.113. The van der Waals surface area contributed by atoms with E-state index in [0.29, 0.717) is 27.4 Å². The van der Waals surface area contributed by atoms with Crippen LogP contribution in [-0.4, -0.2) is 21.6 Å². The molecule has 2 aromatic carbocycles. The Balaban J connectivity index is 1.61. The van der Waals surface area contributed by atoms with Gasteiger partial charge in [-0.15, -0.1) is 0 Å². The molecule has 0 aliphatic carbocycles. The number of amides is 1. The maximum atomic E-state index is 12.1.